The molecule has 23 heavy (non-hydrogen) atoms. The number of ether oxygens (including phenoxy) is 2. The van der Waals surface area contributed by atoms with Crippen LogP contribution < -0.4 is 4.90 Å². The van der Waals surface area contributed by atoms with Gasteiger partial charge in [-0.15, -0.1) is 0 Å². The number of hydrogen-bond acceptors (Lipinski definition) is 6. The number of para-hydroxylation sites is 2. The molecular weight excluding hydrogens is 294 g/mol. The Kier molecular flexibility index (Phi) is 4.46. The first kappa shape index (κ1) is 14.9. The normalized spacial score (nSPS) is 23.5. The van der Waals surface area contributed by atoms with Gasteiger partial charge in [0.05, 0.1) is 25.9 Å². The Morgan fingerprint density at radius 3 is 2.74 bits per heavy atom. The third-order valence-electron chi connectivity index (χ3n) is 4.58. The van der Waals surface area contributed by atoms with E-state index >= 15 is 0 Å². The Labute approximate surface area is 136 Å². The van der Waals surface area contributed by atoms with Crippen LogP contribution in [0.15, 0.2) is 28.7 Å². The Morgan fingerprint density at radius 2 is 1.96 bits per heavy atom. The van der Waals surface area contributed by atoms with Crippen LogP contribution in [0.5, 0.6) is 0 Å². The fraction of sp³-hybridized carbons (Fsp3) is 0.588. The van der Waals surface area contributed by atoms with Crippen LogP contribution in [0.1, 0.15) is 6.42 Å². The van der Waals surface area contributed by atoms with Crippen molar-refractivity contribution >= 4 is 17.1 Å². The summed E-state index contributed by atoms with van der Waals surface area (Å²) in [5, 5.41) is 0. The number of rotatable bonds is 4. The second-order valence-electron chi connectivity index (χ2n) is 6.15. The van der Waals surface area contributed by atoms with E-state index in [1.165, 1.54) is 0 Å². The lowest BCUT2D eigenvalue weighted by atomic mass is 10.2. The van der Waals surface area contributed by atoms with E-state index in [1.807, 2.05) is 24.3 Å². The van der Waals surface area contributed by atoms with E-state index in [1.54, 1.807) is 0 Å². The molecule has 1 aromatic carbocycles. The summed E-state index contributed by atoms with van der Waals surface area (Å²) in [5.41, 5.74) is 1.79. The van der Waals surface area contributed by atoms with E-state index in [2.05, 4.69) is 14.8 Å². The minimum atomic E-state index is 0.263. The van der Waals surface area contributed by atoms with Crippen molar-refractivity contribution < 1.29 is 13.9 Å². The number of hydrogen-bond donors (Lipinski definition) is 0. The smallest absolute Gasteiger partial charge is 0.298 e. The topological polar surface area (TPSA) is 51.0 Å². The third-order valence-corrected chi connectivity index (χ3v) is 4.58. The van der Waals surface area contributed by atoms with Gasteiger partial charge in [-0.1, -0.05) is 12.1 Å². The summed E-state index contributed by atoms with van der Waals surface area (Å²) in [6.45, 7) is 7.25. The van der Waals surface area contributed by atoms with Crippen LogP contribution in [0.25, 0.3) is 11.1 Å². The number of fused-ring (bicyclic) bond motifs is 1. The molecule has 2 saturated heterocycles. The van der Waals surface area contributed by atoms with Crippen LogP contribution in [0.4, 0.5) is 6.01 Å². The predicted octanol–water partition coefficient (Wildman–Crippen LogP) is 1.76. The molecule has 6 nitrogen and oxygen atoms in total. The van der Waals surface area contributed by atoms with E-state index < -0.39 is 0 Å². The molecule has 4 rings (SSSR count). The lowest BCUT2D eigenvalue weighted by Crippen LogP contribution is -2.47. The van der Waals surface area contributed by atoms with Crippen LogP contribution in [0, 0.1) is 0 Å². The number of aromatic nitrogens is 1. The van der Waals surface area contributed by atoms with Crippen LogP contribution in [-0.2, 0) is 9.47 Å². The first-order valence-corrected chi connectivity index (χ1v) is 8.41. The highest BCUT2D eigenvalue weighted by Crippen LogP contribution is 2.22. The van der Waals surface area contributed by atoms with Crippen molar-refractivity contribution in [3.8, 4) is 0 Å². The van der Waals surface area contributed by atoms with Gasteiger partial charge in [-0.2, -0.15) is 4.98 Å². The molecule has 2 aliphatic heterocycles. The van der Waals surface area contributed by atoms with Crippen LogP contribution >= 0.6 is 0 Å². The van der Waals surface area contributed by atoms with Gasteiger partial charge in [0.15, 0.2) is 5.58 Å². The van der Waals surface area contributed by atoms with Gasteiger partial charge < -0.3 is 18.8 Å². The average molecular weight is 317 g/mol. The molecule has 0 aliphatic carbocycles. The Bertz CT molecular complexity index is 598. The van der Waals surface area contributed by atoms with Crippen molar-refractivity contribution in [2.75, 3.05) is 57.4 Å². The first-order chi connectivity index (χ1) is 11.4. The van der Waals surface area contributed by atoms with Crippen molar-refractivity contribution in [1.29, 1.82) is 0 Å². The molecule has 0 bridgehead atoms. The maximum Gasteiger partial charge on any atom is 0.298 e. The summed E-state index contributed by atoms with van der Waals surface area (Å²) in [6, 6.07) is 8.67. The molecule has 2 aliphatic rings. The molecule has 6 heteroatoms. The monoisotopic (exact) mass is 317 g/mol. The summed E-state index contributed by atoms with van der Waals surface area (Å²) in [5.74, 6) is 0. The highest BCUT2D eigenvalue weighted by atomic mass is 16.6. The Morgan fingerprint density at radius 1 is 1.09 bits per heavy atom. The minimum Gasteiger partial charge on any atom is -0.423 e. The predicted molar refractivity (Wildman–Crippen MR) is 87.8 cm³/mol. The average Bonchev–Trinajstić information content (AvgIpc) is 3.05. The van der Waals surface area contributed by atoms with Gasteiger partial charge in [-0.05, 0) is 18.6 Å². The molecule has 2 aromatic rings. The van der Waals surface area contributed by atoms with Crippen LogP contribution in [-0.4, -0.2) is 68.5 Å². The van der Waals surface area contributed by atoms with Gasteiger partial charge in [0, 0.05) is 32.7 Å². The van der Waals surface area contributed by atoms with Gasteiger partial charge in [-0.3, -0.25) is 4.90 Å². The summed E-state index contributed by atoms with van der Waals surface area (Å²) in [6.07, 6.45) is 1.31. The molecule has 124 valence electrons. The number of oxazole rings is 1. The SMILES string of the molecule is c1ccc2oc(N3CCN(CCC4COCCO4)CC3)nc2c1. The summed E-state index contributed by atoms with van der Waals surface area (Å²) in [4.78, 5) is 9.30. The zero-order chi connectivity index (χ0) is 15.5. The van der Waals surface area contributed by atoms with Gasteiger partial charge in [0.25, 0.3) is 6.01 Å². The number of anilines is 1. The molecule has 2 fully saturated rings. The molecule has 0 spiro atoms. The van der Waals surface area contributed by atoms with Crippen molar-refractivity contribution in [2.24, 2.45) is 0 Å². The second kappa shape index (κ2) is 6.86. The van der Waals surface area contributed by atoms with Crippen molar-refractivity contribution in [3.63, 3.8) is 0 Å². The summed E-state index contributed by atoms with van der Waals surface area (Å²) in [7, 11) is 0. The lowest BCUT2D eigenvalue weighted by molar-refractivity contribution is -0.0927. The zero-order valence-electron chi connectivity index (χ0n) is 13.3. The molecule has 0 radical (unpaired) electrons. The standard InChI is InChI=1S/C17H23N3O3/c1-2-4-16-15(3-1)18-17(23-16)20-9-7-19(8-10-20)6-5-14-13-21-11-12-22-14/h1-4,14H,5-13H2. The summed E-state index contributed by atoms with van der Waals surface area (Å²) < 4.78 is 17.0. The van der Waals surface area contributed by atoms with Crippen LogP contribution in [0.3, 0.4) is 0 Å². The quantitative estimate of drug-likeness (QED) is 0.856. The lowest BCUT2D eigenvalue weighted by Gasteiger charge is -2.34. The maximum atomic E-state index is 5.86. The van der Waals surface area contributed by atoms with Gasteiger partial charge in [-0.25, -0.2) is 0 Å². The van der Waals surface area contributed by atoms with E-state index in [-0.39, 0.29) is 6.10 Å². The van der Waals surface area contributed by atoms with Gasteiger partial charge >= 0.3 is 0 Å². The first-order valence-electron chi connectivity index (χ1n) is 8.41. The molecular formula is C17H23N3O3. The highest BCUT2D eigenvalue weighted by Gasteiger charge is 2.22. The van der Waals surface area contributed by atoms with Gasteiger partial charge in [0.1, 0.15) is 5.52 Å². The molecule has 3 heterocycles. The Balaban J connectivity index is 1.28. The number of benzene rings is 1. The number of piperazine rings is 1. The Hall–Kier alpha value is -1.63. The number of nitrogens with zero attached hydrogens (tertiary/aromatic N) is 3. The molecule has 1 atom stereocenters. The minimum absolute atomic E-state index is 0.263. The molecule has 0 amide bonds. The molecule has 0 N–H and O–H groups in total. The fourth-order valence-electron chi connectivity index (χ4n) is 3.19. The molecule has 0 saturated carbocycles. The third kappa shape index (κ3) is 3.49. The van der Waals surface area contributed by atoms with Crippen molar-refractivity contribution in [2.45, 2.75) is 12.5 Å². The van der Waals surface area contributed by atoms with Crippen LogP contribution in [0.2, 0.25) is 0 Å². The molecule has 1 aromatic heterocycles. The summed E-state index contributed by atoms with van der Waals surface area (Å²) >= 11 is 0. The molecule has 1 unspecified atom stereocenters. The largest absolute Gasteiger partial charge is 0.423 e. The van der Waals surface area contributed by atoms with E-state index in [0.717, 1.165) is 76.1 Å². The van der Waals surface area contributed by atoms with Crippen molar-refractivity contribution in [3.05, 3.63) is 24.3 Å². The zero-order valence-corrected chi connectivity index (χ0v) is 13.3. The maximum absolute atomic E-state index is 5.86. The van der Waals surface area contributed by atoms with Crippen molar-refractivity contribution in [1.82, 2.24) is 9.88 Å². The van der Waals surface area contributed by atoms with E-state index in [4.69, 9.17) is 13.9 Å². The van der Waals surface area contributed by atoms with E-state index in [0.29, 0.717) is 0 Å². The van der Waals surface area contributed by atoms with E-state index in [9.17, 15) is 0 Å². The second-order valence-corrected chi connectivity index (χ2v) is 6.15. The van der Waals surface area contributed by atoms with Gasteiger partial charge in [0.2, 0.25) is 0 Å². The fourth-order valence-corrected chi connectivity index (χ4v) is 3.19. The highest BCUT2D eigenvalue weighted by molar-refractivity contribution is 5.74.